The van der Waals surface area contributed by atoms with E-state index >= 15 is 0 Å². The fourth-order valence-electron chi connectivity index (χ4n) is 2.75. The number of hydrogen-bond acceptors (Lipinski definition) is 4. The van der Waals surface area contributed by atoms with E-state index in [0.717, 1.165) is 50.6 Å². The van der Waals surface area contributed by atoms with Crippen LogP contribution in [0.1, 0.15) is 39.7 Å². The van der Waals surface area contributed by atoms with Gasteiger partial charge in [-0.15, -0.1) is 0 Å². The molecular formula is C15H25BrN4O. The fourth-order valence-corrected chi connectivity index (χ4v) is 3.29. The Kier molecular flexibility index (Phi) is 5.81. The van der Waals surface area contributed by atoms with Gasteiger partial charge in [-0.25, -0.2) is 4.68 Å². The van der Waals surface area contributed by atoms with Crippen molar-refractivity contribution in [3.05, 3.63) is 21.0 Å². The fraction of sp³-hybridized carbons (Fsp3) is 0.733. The van der Waals surface area contributed by atoms with E-state index in [1.165, 1.54) is 4.68 Å². The summed E-state index contributed by atoms with van der Waals surface area (Å²) < 4.78 is 2.15. The molecule has 1 fully saturated rings. The monoisotopic (exact) mass is 356 g/mol. The second-order valence-corrected chi connectivity index (χ2v) is 6.72. The number of piperidine rings is 1. The lowest BCUT2D eigenvalue weighted by molar-refractivity contribution is 0.385. The molecule has 1 aliphatic rings. The summed E-state index contributed by atoms with van der Waals surface area (Å²) in [5.74, 6) is 0.740. The molecule has 21 heavy (non-hydrogen) atoms. The van der Waals surface area contributed by atoms with Gasteiger partial charge in [-0.05, 0) is 61.6 Å². The van der Waals surface area contributed by atoms with E-state index < -0.39 is 0 Å². The molecule has 0 radical (unpaired) electrons. The SMILES string of the molecule is CCNCC1CCN(c2cnn(C(C)C)c(=O)c2Br)CC1. The number of nitrogens with zero attached hydrogens (tertiary/aromatic N) is 3. The van der Waals surface area contributed by atoms with Crippen molar-refractivity contribution in [2.45, 2.75) is 39.7 Å². The minimum Gasteiger partial charge on any atom is -0.369 e. The van der Waals surface area contributed by atoms with Crippen molar-refractivity contribution in [3.63, 3.8) is 0 Å². The smallest absolute Gasteiger partial charge is 0.283 e. The van der Waals surface area contributed by atoms with Gasteiger partial charge in [-0.1, -0.05) is 6.92 Å². The second kappa shape index (κ2) is 7.40. The summed E-state index contributed by atoms with van der Waals surface area (Å²) in [4.78, 5) is 14.6. The first kappa shape index (κ1) is 16.5. The Hall–Kier alpha value is -0.880. The molecule has 0 spiro atoms. The topological polar surface area (TPSA) is 50.2 Å². The van der Waals surface area contributed by atoms with Gasteiger partial charge < -0.3 is 10.2 Å². The van der Waals surface area contributed by atoms with Crippen LogP contribution in [0.5, 0.6) is 0 Å². The Morgan fingerprint density at radius 1 is 1.43 bits per heavy atom. The minimum atomic E-state index is -0.0442. The predicted molar refractivity (Wildman–Crippen MR) is 90.1 cm³/mol. The molecule has 1 aromatic rings. The van der Waals surface area contributed by atoms with Crippen molar-refractivity contribution >= 4 is 21.6 Å². The highest BCUT2D eigenvalue weighted by atomic mass is 79.9. The molecule has 0 unspecified atom stereocenters. The number of anilines is 1. The Balaban J connectivity index is 2.07. The van der Waals surface area contributed by atoms with Crippen molar-refractivity contribution in [3.8, 4) is 0 Å². The Bertz CT molecular complexity index is 521. The van der Waals surface area contributed by atoms with Crippen LogP contribution in [0.15, 0.2) is 15.5 Å². The first-order valence-corrected chi connectivity index (χ1v) is 8.56. The Morgan fingerprint density at radius 3 is 2.67 bits per heavy atom. The van der Waals surface area contributed by atoms with Crippen molar-refractivity contribution in [1.29, 1.82) is 0 Å². The van der Waals surface area contributed by atoms with Gasteiger partial charge in [-0.2, -0.15) is 5.10 Å². The third-order valence-corrected chi connectivity index (χ3v) is 4.80. The first-order chi connectivity index (χ1) is 10.0. The quantitative estimate of drug-likeness (QED) is 0.879. The van der Waals surface area contributed by atoms with E-state index in [0.29, 0.717) is 4.47 Å². The molecule has 0 aromatic carbocycles. The third kappa shape index (κ3) is 3.86. The molecule has 0 amide bonds. The van der Waals surface area contributed by atoms with E-state index in [1.54, 1.807) is 0 Å². The average Bonchev–Trinajstić information content (AvgIpc) is 2.48. The molecule has 118 valence electrons. The van der Waals surface area contributed by atoms with Gasteiger partial charge in [0.25, 0.3) is 5.56 Å². The average molecular weight is 357 g/mol. The lowest BCUT2D eigenvalue weighted by Crippen LogP contribution is -2.38. The number of aromatic nitrogens is 2. The van der Waals surface area contributed by atoms with Crippen molar-refractivity contribution in [2.75, 3.05) is 31.1 Å². The van der Waals surface area contributed by atoms with Crippen molar-refractivity contribution < 1.29 is 0 Å². The number of hydrogen-bond donors (Lipinski definition) is 1. The lowest BCUT2D eigenvalue weighted by atomic mass is 9.96. The molecule has 1 aliphatic heterocycles. The number of halogens is 1. The zero-order valence-electron chi connectivity index (χ0n) is 13.1. The Labute approximate surface area is 134 Å². The van der Waals surface area contributed by atoms with E-state index in [9.17, 15) is 4.79 Å². The van der Waals surface area contributed by atoms with Crippen LogP contribution < -0.4 is 15.8 Å². The highest BCUT2D eigenvalue weighted by Crippen LogP contribution is 2.27. The molecule has 1 saturated heterocycles. The molecular weight excluding hydrogens is 332 g/mol. The number of rotatable bonds is 5. The van der Waals surface area contributed by atoms with E-state index in [-0.39, 0.29) is 11.6 Å². The standard InChI is InChI=1S/C15H25BrN4O/c1-4-17-9-12-5-7-19(8-6-12)13-10-18-20(11(2)3)15(21)14(13)16/h10-12,17H,4-9H2,1-3H3. The second-order valence-electron chi connectivity index (χ2n) is 5.93. The molecule has 1 N–H and O–H groups in total. The molecule has 0 bridgehead atoms. The summed E-state index contributed by atoms with van der Waals surface area (Å²) in [6.07, 6.45) is 4.13. The highest BCUT2D eigenvalue weighted by Gasteiger charge is 2.22. The van der Waals surface area contributed by atoms with Crippen molar-refractivity contribution in [1.82, 2.24) is 15.1 Å². The zero-order chi connectivity index (χ0) is 15.4. The van der Waals surface area contributed by atoms with Crippen LogP contribution in [-0.2, 0) is 0 Å². The molecule has 1 aromatic heterocycles. The van der Waals surface area contributed by atoms with Crippen LogP contribution in [0.25, 0.3) is 0 Å². The van der Waals surface area contributed by atoms with Gasteiger partial charge in [0.05, 0.1) is 17.9 Å². The summed E-state index contributed by atoms with van der Waals surface area (Å²) >= 11 is 3.46. The third-order valence-electron chi connectivity index (χ3n) is 4.05. The maximum Gasteiger partial charge on any atom is 0.283 e. The van der Waals surface area contributed by atoms with Crippen LogP contribution in [0, 0.1) is 5.92 Å². The van der Waals surface area contributed by atoms with Crippen LogP contribution >= 0.6 is 15.9 Å². The maximum atomic E-state index is 12.3. The van der Waals surface area contributed by atoms with Gasteiger partial charge >= 0.3 is 0 Å². The largest absolute Gasteiger partial charge is 0.369 e. The maximum absolute atomic E-state index is 12.3. The molecule has 0 atom stereocenters. The summed E-state index contributed by atoms with van der Waals surface area (Å²) in [7, 11) is 0. The Morgan fingerprint density at radius 2 is 2.10 bits per heavy atom. The summed E-state index contributed by atoms with van der Waals surface area (Å²) in [6, 6.07) is 0.0775. The predicted octanol–water partition coefficient (Wildman–Crippen LogP) is 2.41. The van der Waals surface area contributed by atoms with E-state index in [2.05, 4.69) is 38.2 Å². The minimum absolute atomic E-state index is 0.0442. The van der Waals surface area contributed by atoms with Crippen LogP contribution in [-0.4, -0.2) is 36.0 Å². The summed E-state index contributed by atoms with van der Waals surface area (Å²) in [5, 5.41) is 7.72. The molecule has 5 nitrogen and oxygen atoms in total. The van der Waals surface area contributed by atoms with Gasteiger partial charge in [0.2, 0.25) is 0 Å². The highest BCUT2D eigenvalue weighted by molar-refractivity contribution is 9.10. The molecule has 0 aliphatic carbocycles. The lowest BCUT2D eigenvalue weighted by Gasteiger charge is -2.34. The molecule has 2 heterocycles. The van der Waals surface area contributed by atoms with Crippen molar-refractivity contribution in [2.24, 2.45) is 5.92 Å². The van der Waals surface area contributed by atoms with Crippen LogP contribution in [0.3, 0.4) is 0 Å². The first-order valence-electron chi connectivity index (χ1n) is 7.77. The van der Waals surface area contributed by atoms with Crippen LogP contribution in [0.4, 0.5) is 5.69 Å². The zero-order valence-corrected chi connectivity index (χ0v) is 14.7. The molecule has 2 rings (SSSR count). The van der Waals surface area contributed by atoms with Gasteiger partial charge in [0, 0.05) is 13.1 Å². The van der Waals surface area contributed by atoms with Gasteiger partial charge in [0.15, 0.2) is 0 Å². The summed E-state index contributed by atoms with van der Waals surface area (Å²) in [5.41, 5.74) is 0.885. The normalized spacial score (nSPS) is 16.7. The van der Waals surface area contributed by atoms with Gasteiger partial charge in [0.1, 0.15) is 4.47 Å². The summed E-state index contributed by atoms with van der Waals surface area (Å²) in [6.45, 7) is 10.2. The molecule has 0 saturated carbocycles. The van der Waals surface area contributed by atoms with E-state index in [1.807, 2.05) is 20.0 Å². The molecule has 6 heteroatoms. The van der Waals surface area contributed by atoms with E-state index in [4.69, 9.17) is 0 Å². The van der Waals surface area contributed by atoms with Crippen LogP contribution in [0.2, 0.25) is 0 Å². The number of nitrogens with one attached hydrogen (secondary N) is 1. The van der Waals surface area contributed by atoms with Gasteiger partial charge in [-0.3, -0.25) is 4.79 Å².